The first-order valence-corrected chi connectivity index (χ1v) is 8.93. The maximum Gasteiger partial charge on any atom is 0.0521 e. The van der Waals surface area contributed by atoms with Gasteiger partial charge in [0.1, 0.15) is 0 Å². The number of rotatable bonds is 4. The van der Waals surface area contributed by atoms with Crippen molar-refractivity contribution in [2.75, 3.05) is 32.8 Å². The van der Waals surface area contributed by atoms with E-state index in [1.807, 2.05) is 0 Å². The summed E-state index contributed by atoms with van der Waals surface area (Å²) in [5.41, 5.74) is 0. The van der Waals surface area contributed by atoms with Crippen LogP contribution in [-0.4, -0.2) is 49.8 Å². The normalized spacial score (nSPS) is 39.5. The molecule has 3 heteroatoms. The highest BCUT2D eigenvalue weighted by atomic mass is 16.5. The number of hydrogen-bond donors (Lipinski definition) is 1. The molecule has 2 aliphatic heterocycles. The van der Waals surface area contributed by atoms with E-state index < -0.39 is 0 Å². The molecule has 1 N–H and O–H groups in total. The van der Waals surface area contributed by atoms with Crippen LogP contribution in [0.5, 0.6) is 0 Å². The van der Waals surface area contributed by atoms with E-state index in [0.717, 1.165) is 31.7 Å². The summed E-state index contributed by atoms with van der Waals surface area (Å²) in [5.74, 6) is 1.70. The number of piperidine rings is 1. The van der Waals surface area contributed by atoms with Crippen LogP contribution in [0.3, 0.4) is 0 Å². The van der Waals surface area contributed by atoms with Gasteiger partial charge in [-0.05, 0) is 51.1 Å². The number of fused-ring (bicyclic) bond motifs is 1. The van der Waals surface area contributed by atoms with Crippen molar-refractivity contribution in [3.8, 4) is 0 Å². The Kier molecular flexibility index (Phi) is 5.36. The van der Waals surface area contributed by atoms with Gasteiger partial charge in [-0.1, -0.05) is 19.8 Å². The summed E-state index contributed by atoms with van der Waals surface area (Å²) in [7, 11) is 0. The minimum atomic E-state index is 0.678. The summed E-state index contributed by atoms with van der Waals surface area (Å²) >= 11 is 0. The van der Waals surface area contributed by atoms with E-state index in [1.54, 1.807) is 0 Å². The average molecular weight is 280 g/mol. The molecule has 4 atom stereocenters. The lowest BCUT2D eigenvalue weighted by molar-refractivity contribution is -0.0115. The van der Waals surface area contributed by atoms with Crippen molar-refractivity contribution in [3.63, 3.8) is 0 Å². The largest absolute Gasteiger partial charge is 0.381 e. The lowest BCUT2D eigenvalue weighted by Crippen LogP contribution is -2.53. The number of nitrogens with one attached hydrogen (secondary N) is 1. The van der Waals surface area contributed by atoms with E-state index in [0.29, 0.717) is 12.0 Å². The predicted octanol–water partition coefficient (Wildman–Crippen LogP) is 2.66. The molecule has 0 amide bonds. The molecular formula is C17H32N2O. The van der Waals surface area contributed by atoms with Crippen LogP contribution in [0.1, 0.15) is 51.9 Å². The van der Waals surface area contributed by atoms with Gasteiger partial charge in [-0.25, -0.2) is 0 Å². The van der Waals surface area contributed by atoms with Gasteiger partial charge in [0, 0.05) is 31.2 Å². The van der Waals surface area contributed by atoms with Crippen molar-refractivity contribution in [3.05, 3.63) is 0 Å². The van der Waals surface area contributed by atoms with Crippen LogP contribution < -0.4 is 5.32 Å². The Morgan fingerprint density at radius 2 is 1.95 bits per heavy atom. The van der Waals surface area contributed by atoms with Crippen molar-refractivity contribution in [2.24, 2.45) is 11.8 Å². The number of ether oxygens (including phenoxy) is 1. The fourth-order valence-electron chi connectivity index (χ4n) is 4.76. The van der Waals surface area contributed by atoms with Gasteiger partial charge in [0.25, 0.3) is 0 Å². The third-order valence-electron chi connectivity index (χ3n) is 5.77. The maximum absolute atomic E-state index is 5.77. The third kappa shape index (κ3) is 3.37. The van der Waals surface area contributed by atoms with E-state index in [2.05, 4.69) is 17.1 Å². The lowest BCUT2D eigenvalue weighted by atomic mass is 9.77. The Bertz CT molecular complexity index is 293. The quantitative estimate of drug-likeness (QED) is 0.857. The molecule has 0 aromatic rings. The van der Waals surface area contributed by atoms with Gasteiger partial charge in [-0.15, -0.1) is 0 Å². The molecule has 2 unspecified atom stereocenters. The summed E-state index contributed by atoms with van der Waals surface area (Å²) in [6.07, 6.45) is 9.96. The molecule has 2 saturated heterocycles. The predicted molar refractivity (Wildman–Crippen MR) is 82.9 cm³/mol. The number of likely N-dealkylation sites (tertiary alicyclic amines) is 1. The molecule has 20 heavy (non-hydrogen) atoms. The maximum atomic E-state index is 5.77. The Morgan fingerprint density at radius 3 is 2.85 bits per heavy atom. The fraction of sp³-hybridized carbons (Fsp3) is 1.00. The average Bonchev–Trinajstić information content (AvgIpc) is 2.50. The molecule has 3 aliphatic rings. The molecular weight excluding hydrogens is 248 g/mol. The van der Waals surface area contributed by atoms with E-state index in [9.17, 15) is 0 Å². The SMILES string of the molecule is CCNC1CCOCC1CN1CCC[C@H]2CCCC[C@H]21. The summed E-state index contributed by atoms with van der Waals surface area (Å²) in [6, 6.07) is 1.57. The topological polar surface area (TPSA) is 24.5 Å². The van der Waals surface area contributed by atoms with Crippen LogP contribution in [0.25, 0.3) is 0 Å². The highest BCUT2D eigenvalue weighted by molar-refractivity contribution is 4.90. The second-order valence-electron chi connectivity index (χ2n) is 7.04. The van der Waals surface area contributed by atoms with Crippen molar-refractivity contribution >= 4 is 0 Å². The molecule has 3 rings (SSSR count). The van der Waals surface area contributed by atoms with Gasteiger partial charge in [0.2, 0.25) is 0 Å². The van der Waals surface area contributed by atoms with E-state index in [-0.39, 0.29) is 0 Å². The second kappa shape index (κ2) is 7.24. The molecule has 1 saturated carbocycles. The molecule has 0 spiro atoms. The summed E-state index contributed by atoms with van der Waals surface area (Å²) in [4.78, 5) is 2.83. The van der Waals surface area contributed by atoms with Crippen molar-refractivity contribution in [2.45, 2.75) is 64.0 Å². The van der Waals surface area contributed by atoms with Crippen LogP contribution in [-0.2, 0) is 4.74 Å². The van der Waals surface area contributed by atoms with Crippen LogP contribution in [0, 0.1) is 11.8 Å². The van der Waals surface area contributed by atoms with Gasteiger partial charge in [0.15, 0.2) is 0 Å². The van der Waals surface area contributed by atoms with E-state index in [4.69, 9.17) is 4.74 Å². The minimum Gasteiger partial charge on any atom is -0.381 e. The van der Waals surface area contributed by atoms with E-state index in [1.165, 1.54) is 58.0 Å². The van der Waals surface area contributed by atoms with E-state index >= 15 is 0 Å². The van der Waals surface area contributed by atoms with Crippen LogP contribution in [0.4, 0.5) is 0 Å². The number of hydrogen-bond acceptors (Lipinski definition) is 3. The third-order valence-corrected chi connectivity index (χ3v) is 5.77. The van der Waals surface area contributed by atoms with Gasteiger partial charge < -0.3 is 10.1 Å². The molecule has 0 aromatic carbocycles. The Hall–Kier alpha value is -0.120. The van der Waals surface area contributed by atoms with Gasteiger partial charge in [-0.3, -0.25) is 4.90 Å². The van der Waals surface area contributed by atoms with Crippen LogP contribution in [0.2, 0.25) is 0 Å². The van der Waals surface area contributed by atoms with Gasteiger partial charge in [-0.2, -0.15) is 0 Å². The zero-order valence-electron chi connectivity index (χ0n) is 13.2. The molecule has 0 bridgehead atoms. The van der Waals surface area contributed by atoms with Gasteiger partial charge >= 0.3 is 0 Å². The number of nitrogens with zero attached hydrogens (tertiary/aromatic N) is 1. The first-order valence-electron chi connectivity index (χ1n) is 8.93. The monoisotopic (exact) mass is 280 g/mol. The second-order valence-corrected chi connectivity index (χ2v) is 7.04. The molecule has 3 nitrogen and oxygen atoms in total. The molecule has 0 radical (unpaired) electrons. The molecule has 2 heterocycles. The first-order chi connectivity index (χ1) is 9.88. The summed E-state index contributed by atoms with van der Waals surface area (Å²) in [6.45, 7) is 7.82. The van der Waals surface area contributed by atoms with Crippen molar-refractivity contribution in [1.29, 1.82) is 0 Å². The smallest absolute Gasteiger partial charge is 0.0521 e. The minimum absolute atomic E-state index is 0.678. The standard InChI is InChI=1S/C17H32N2O/c1-2-18-16-9-11-20-13-15(16)12-19-10-5-7-14-6-3-4-8-17(14)19/h14-18H,2-13H2,1H3/t14-,15?,16?,17-/m1/s1. The molecule has 1 aliphatic carbocycles. The van der Waals surface area contributed by atoms with Crippen LogP contribution in [0.15, 0.2) is 0 Å². The van der Waals surface area contributed by atoms with Crippen molar-refractivity contribution < 1.29 is 4.74 Å². The Morgan fingerprint density at radius 1 is 1.10 bits per heavy atom. The highest BCUT2D eigenvalue weighted by Gasteiger charge is 2.36. The van der Waals surface area contributed by atoms with Gasteiger partial charge in [0.05, 0.1) is 6.61 Å². The summed E-state index contributed by atoms with van der Waals surface area (Å²) < 4.78 is 5.77. The fourth-order valence-corrected chi connectivity index (χ4v) is 4.76. The lowest BCUT2D eigenvalue weighted by Gasteiger charge is -2.46. The van der Waals surface area contributed by atoms with Crippen LogP contribution >= 0.6 is 0 Å². The highest BCUT2D eigenvalue weighted by Crippen LogP contribution is 2.36. The first kappa shape index (κ1) is 14.8. The zero-order valence-corrected chi connectivity index (χ0v) is 13.2. The zero-order chi connectivity index (χ0) is 13.8. The van der Waals surface area contributed by atoms with Crippen molar-refractivity contribution in [1.82, 2.24) is 10.2 Å². The Balaban J connectivity index is 1.59. The summed E-state index contributed by atoms with van der Waals surface area (Å²) in [5, 5.41) is 3.69. The Labute approximate surface area is 124 Å². The molecule has 0 aromatic heterocycles. The molecule has 116 valence electrons. The molecule has 3 fully saturated rings.